The second kappa shape index (κ2) is 12.7. The number of amides is 1. The molecule has 1 amide bonds. The van der Waals surface area contributed by atoms with Crippen molar-refractivity contribution in [3.63, 3.8) is 0 Å². The maximum atomic E-state index is 13.4. The molecule has 9 heteroatoms. The number of methoxy groups -OCH3 is 4. The van der Waals surface area contributed by atoms with Gasteiger partial charge < -0.3 is 33.7 Å². The van der Waals surface area contributed by atoms with E-state index in [1.807, 2.05) is 6.92 Å². The molecular formula is C29H37NO8. The predicted octanol–water partition coefficient (Wildman–Crippen LogP) is 4.51. The number of aliphatic hydroxyl groups is 1. The SMILES string of the molecule is COCCCN1C(=O)C(=O)/C(=C(/O)c2ccc(OCC(C)C)cc2C)[C@@H]1c1cc(OC)c(OC)c(OC)c1. The first kappa shape index (κ1) is 28.8. The Morgan fingerprint density at radius 1 is 1.00 bits per heavy atom. The van der Waals surface area contributed by atoms with Crippen molar-refractivity contribution < 1.29 is 38.4 Å². The first-order chi connectivity index (χ1) is 18.2. The second-order valence-electron chi connectivity index (χ2n) is 9.48. The monoisotopic (exact) mass is 527 g/mol. The number of likely N-dealkylation sites (tertiary alicyclic amines) is 1. The molecule has 0 aromatic heterocycles. The van der Waals surface area contributed by atoms with E-state index in [0.717, 1.165) is 0 Å². The largest absolute Gasteiger partial charge is 0.507 e. The summed E-state index contributed by atoms with van der Waals surface area (Å²) < 4.78 is 27.4. The van der Waals surface area contributed by atoms with Crippen molar-refractivity contribution in [3.05, 3.63) is 52.6 Å². The minimum Gasteiger partial charge on any atom is -0.507 e. The topological polar surface area (TPSA) is 104 Å². The van der Waals surface area contributed by atoms with E-state index >= 15 is 0 Å². The molecule has 1 N–H and O–H groups in total. The molecule has 9 nitrogen and oxygen atoms in total. The number of Topliss-reactive ketones (excluding diaryl/α,β-unsaturated/α-hetero) is 1. The van der Waals surface area contributed by atoms with Gasteiger partial charge in [0, 0.05) is 25.8 Å². The van der Waals surface area contributed by atoms with Crippen LogP contribution in [0, 0.1) is 12.8 Å². The fourth-order valence-electron chi connectivity index (χ4n) is 4.50. The van der Waals surface area contributed by atoms with Gasteiger partial charge in [0.25, 0.3) is 11.7 Å². The molecule has 2 aromatic rings. The number of hydrogen-bond acceptors (Lipinski definition) is 8. The standard InChI is InChI=1S/C29H37NO8/c1-17(2)16-38-20-9-10-21(18(3)13-20)26(31)24-25(30(11-8-12-34-4)29(33)27(24)32)19-14-22(35-5)28(37-7)23(15-19)36-6/h9-10,13-15,17,25,31H,8,11-12,16H2,1-7H3/b26-24+/t25-/m0/s1. The summed E-state index contributed by atoms with van der Waals surface area (Å²) in [6, 6.07) is 7.74. The van der Waals surface area contributed by atoms with Crippen LogP contribution in [0.25, 0.3) is 5.76 Å². The van der Waals surface area contributed by atoms with Gasteiger partial charge in [-0.15, -0.1) is 0 Å². The highest BCUT2D eigenvalue weighted by Gasteiger charge is 2.46. The van der Waals surface area contributed by atoms with Gasteiger partial charge in [0.1, 0.15) is 11.5 Å². The van der Waals surface area contributed by atoms with E-state index in [-0.39, 0.29) is 17.9 Å². The molecule has 1 saturated heterocycles. The van der Waals surface area contributed by atoms with E-state index < -0.39 is 17.7 Å². The summed E-state index contributed by atoms with van der Waals surface area (Å²) in [6.07, 6.45) is 0.505. The first-order valence-electron chi connectivity index (χ1n) is 12.5. The third-order valence-corrected chi connectivity index (χ3v) is 6.33. The molecule has 0 radical (unpaired) electrons. The molecular weight excluding hydrogens is 490 g/mol. The predicted molar refractivity (Wildman–Crippen MR) is 143 cm³/mol. The van der Waals surface area contributed by atoms with Crippen LogP contribution in [0.1, 0.15) is 43.0 Å². The minimum absolute atomic E-state index is 0.0133. The van der Waals surface area contributed by atoms with Crippen LogP contribution >= 0.6 is 0 Å². The van der Waals surface area contributed by atoms with Gasteiger partial charge in [-0.2, -0.15) is 0 Å². The van der Waals surface area contributed by atoms with Crippen LogP contribution < -0.4 is 18.9 Å². The lowest BCUT2D eigenvalue weighted by Gasteiger charge is -2.26. The number of carbonyl (C=O) groups excluding carboxylic acids is 2. The summed E-state index contributed by atoms with van der Waals surface area (Å²) in [5.41, 5.74) is 1.67. The summed E-state index contributed by atoms with van der Waals surface area (Å²) in [7, 11) is 6.04. The molecule has 2 aromatic carbocycles. The molecule has 1 aliphatic rings. The fourth-order valence-corrected chi connectivity index (χ4v) is 4.50. The van der Waals surface area contributed by atoms with Gasteiger partial charge in [0.15, 0.2) is 11.5 Å². The van der Waals surface area contributed by atoms with Crippen LogP contribution in [0.2, 0.25) is 0 Å². The Labute approximate surface area is 223 Å². The van der Waals surface area contributed by atoms with Gasteiger partial charge in [-0.1, -0.05) is 13.8 Å². The molecule has 0 unspecified atom stereocenters. The molecule has 0 aliphatic carbocycles. The van der Waals surface area contributed by atoms with Gasteiger partial charge in [0.05, 0.1) is 39.6 Å². The van der Waals surface area contributed by atoms with Gasteiger partial charge in [0.2, 0.25) is 5.75 Å². The molecule has 1 fully saturated rings. The molecule has 1 aliphatic heterocycles. The zero-order chi connectivity index (χ0) is 28.0. The van der Waals surface area contributed by atoms with Gasteiger partial charge >= 0.3 is 0 Å². The summed E-state index contributed by atoms with van der Waals surface area (Å²) in [6.45, 7) is 7.14. The Morgan fingerprint density at radius 2 is 1.66 bits per heavy atom. The van der Waals surface area contributed by atoms with Crippen LogP contribution in [-0.4, -0.2) is 69.9 Å². The Hall–Kier alpha value is -3.72. The lowest BCUT2D eigenvalue weighted by molar-refractivity contribution is -0.140. The van der Waals surface area contributed by atoms with Crippen molar-refractivity contribution in [2.24, 2.45) is 5.92 Å². The van der Waals surface area contributed by atoms with Crippen LogP contribution in [-0.2, 0) is 14.3 Å². The summed E-state index contributed by atoms with van der Waals surface area (Å²) >= 11 is 0. The molecule has 0 spiro atoms. The number of aliphatic hydroxyl groups excluding tert-OH is 1. The number of ketones is 1. The number of carbonyl (C=O) groups is 2. The summed E-state index contributed by atoms with van der Waals surface area (Å²) in [4.78, 5) is 28.1. The van der Waals surface area contributed by atoms with Crippen molar-refractivity contribution in [3.8, 4) is 23.0 Å². The zero-order valence-corrected chi connectivity index (χ0v) is 23.1. The van der Waals surface area contributed by atoms with Gasteiger partial charge in [-0.25, -0.2) is 0 Å². The Bertz CT molecular complexity index is 1180. The zero-order valence-electron chi connectivity index (χ0n) is 23.1. The van der Waals surface area contributed by atoms with E-state index in [1.165, 1.54) is 26.2 Å². The van der Waals surface area contributed by atoms with Crippen LogP contribution in [0.5, 0.6) is 23.0 Å². The highest BCUT2D eigenvalue weighted by atomic mass is 16.5. The molecule has 0 bridgehead atoms. The summed E-state index contributed by atoms with van der Waals surface area (Å²) in [5.74, 6) is 0.408. The van der Waals surface area contributed by atoms with E-state index in [1.54, 1.807) is 37.4 Å². The van der Waals surface area contributed by atoms with Crippen molar-refractivity contribution in [2.45, 2.75) is 33.2 Å². The number of aryl methyl sites for hydroxylation is 1. The second-order valence-corrected chi connectivity index (χ2v) is 9.48. The Balaban J connectivity index is 2.18. The van der Waals surface area contributed by atoms with Gasteiger partial charge in [-0.05, 0) is 60.7 Å². The number of hydrogen-bond donors (Lipinski definition) is 1. The lowest BCUT2D eigenvalue weighted by Crippen LogP contribution is -2.31. The van der Waals surface area contributed by atoms with Gasteiger partial charge in [-0.3, -0.25) is 9.59 Å². The quantitative estimate of drug-likeness (QED) is 0.186. The normalized spacial score (nSPS) is 16.7. The lowest BCUT2D eigenvalue weighted by atomic mass is 9.93. The molecule has 38 heavy (non-hydrogen) atoms. The number of ether oxygens (including phenoxy) is 5. The Kier molecular flexibility index (Phi) is 9.63. The average Bonchev–Trinajstić information content (AvgIpc) is 3.15. The first-order valence-corrected chi connectivity index (χ1v) is 12.5. The maximum Gasteiger partial charge on any atom is 0.295 e. The third kappa shape index (κ3) is 5.88. The average molecular weight is 528 g/mol. The number of benzene rings is 2. The Morgan fingerprint density at radius 3 is 2.18 bits per heavy atom. The van der Waals surface area contributed by atoms with Crippen molar-refractivity contribution in [2.75, 3.05) is 48.2 Å². The summed E-state index contributed by atoms with van der Waals surface area (Å²) in [5, 5.41) is 11.5. The maximum absolute atomic E-state index is 13.4. The molecule has 206 valence electrons. The van der Waals surface area contributed by atoms with Crippen LogP contribution in [0.3, 0.4) is 0 Å². The van der Waals surface area contributed by atoms with E-state index in [0.29, 0.717) is 65.2 Å². The van der Waals surface area contributed by atoms with Crippen LogP contribution in [0.4, 0.5) is 0 Å². The van der Waals surface area contributed by atoms with Crippen molar-refractivity contribution >= 4 is 17.4 Å². The molecule has 1 atom stereocenters. The smallest absolute Gasteiger partial charge is 0.295 e. The van der Waals surface area contributed by atoms with E-state index in [9.17, 15) is 14.7 Å². The van der Waals surface area contributed by atoms with Crippen LogP contribution in [0.15, 0.2) is 35.9 Å². The van der Waals surface area contributed by atoms with E-state index in [4.69, 9.17) is 23.7 Å². The molecule has 0 saturated carbocycles. The molecule has 1 heterocycles. The number of rotatable bonds is 12. The fraction of sp³-hybridized carbons (Fsp3) is 0.448. The molecule has 3 rings (SSSR count). The van der Waals surface area contributed by atoms with E-state index in [2.05, 4.69) is 13.8 Å². The number of nitrogens with zero attached hydrogens (tertiary/aromatic N) is 1. The van der Waals surface area contributed by atoms with Crippen molar-refractivity contribution in [1.29, 1.82) is 0 Å². The highest BCUT2D eigenvalue weighted by Crippen LogP contribution is 2.46. The highest BCUT2D eigenvalue weighted by molar-refractivity contribution is 6.46. The third-order valence-electron chi connectivity index (χ3n) is 6.33. The van der Waals surface area contributed by atoms with Crippen molar-refractivity contribution in [1.82, 2.24) is 4.90 Å². The minimum atomic E-state index is -0.878.